The van der Waals surface area contributed by atoms with Gasteiger partial charge in [-0.15, -0.1) is 0 Å². The van der Waals surface area contributed by atoms with E-state index in [1.54, 1.807) is 6.20 Å². The third-order valence-corrected chi connectivity index (χ3v) is 2.68. The lowest BCUT2D eigenvalue weighted by Gasteiger charge is -2.05. The molecule has 0 unspecified atom stereocenters. The molecule has 16 heavy (non-hydrogen) atoms. The van der Waals surface area contributed by atoms with Crippen molar-refractivity contribution < 1.29 is 4.79 Å². The van der Waals surface area contributed by atoms with Crippen LogP contribution in [-0.2, 0) is 6.54 Å². The summed E-state index contributed by atoms with van der Waals surface area (Å²) in [4.78, 5) is 10.7. The average Bonchev–Trinajstić information content (AvgIpc) is 2.60. The van der Waals surface area contributed by atoms with Gasteiger partial charge in [0.05, 0.1) is 18.3 Å². The van der Waals surface area contributed by atoms with Gasteiger partial charge in [0.2, 0.25) is 0 Å². The van der Waals surface area contributed by atoms with Gasteiger partial charge in [-0.25, -0.2) is 0 Å². The van der Waals surface area contributed by atoms with Crippen molar-refractivity contribution in [2.45, 2.75) is 20.4 Å². The summed E-state index contributed by atoms with van der Waals surface area (Å²) in [6.45, 7) is 4.68. The number of nitrogens with zero attached hydrogens (tertiary/aromatic N) is 2. The second-order valence-electron chi connectivity index (χ2n) is 3.95. The normalized spacial score (nSPS) is 10.4. The molecule has 1 aromatic carbocycles. The van der Waals surface area contributed by atoms with Crippen LogP contribution in [0.5, 0.6) is 0 Å². The number of rotatable bonds is 3. The Morgan fingerprint density at radius 3 is 2.81 bits per heavy atom. The standard InChI is InChI=1S/C13H14N2O/c1-10-4-3-5-12(6-10)8-15-11(2)13(9-16)7-14-15/h3-7,9H,8H2,1-2H3. The van der Waals surface area contributed by atoms with Gasteiger partial charge >= 0.3 is 0 Å². The summed E-state index contributed by atoms with van der Waals surface area (Å²) in [6, 6.07) is 8.29. The van der Waals surface area contributed by atoms with E-state index in [0.717, 1.165) is 12.0 Å². The average molecular weight is 214 g/mol. The van der Waals surface area contributed by atoms with Crippen LogP contribution in [0.1, 0.15) is 27.2 Å². The van der Waals surface area contributed by atoms with E-state index < -0.39 is 0 Å². The number of aromatic nitrogens is 2. The van der Waals surface area contributed by atoms with Crippen molar-refractivity contribution in [1.29, 1.82) is 0 Å². The summed E-state index contributed by atoms with van der Waals surface area (Å²) in [5.41, 5.74) is 4.01. The lowest BCUT2D eigenvalue weighted by molar-refractivity contribution is 0.112. The molecule has 3 nitrogen and oxygen atoms in total. The van der Waals surface area contributed by atoms with E-state index in [-0.39, 0.29) is 0 Å². The van der Waals surface area contributed by atoms with E-state index in [2.05, 4.69) is 30.2 Å². The van der Waals surface area contributed by atoms with E-state index in [4.69, 9.17) is 0 Å². The van der Waals surface area contributed by atoms with E-state index in [0.29, 0.717) is 12.1 Å². The van der Waals surface area contributed by atoms with E-state index in [9.17, 15) is 4.79 Å². The first-order chi connectivity index (χ1) is 7.70. The summed E-state index contributed by atoms with van der Waals surface area (Å²) < 4.78 is 1.85. The van der Waals surface area contributed by atoms with Crippen LogP contribution in [0.15, 0.2) is 30.5 Å². The molecule has 0 aliphatic heterocycles. The monoisotopic (exact) mass is 214 g/mol. The topological polar surface area (TPSA) is 34.9 Å². The van der Waals surface area contributed by atoms with Crippen molar-refractivity contribution in [2.75, 3.05) is 0 Å². The summed E-state index contributed by atoms with van der Waals surface area (Å²) in [7, 11) is 0. The Labute approximate surface area is 94.7 Å². The Balaban J connectivity index is 2.27. The van der Waals surface area contributed by atoms with Crippen LogP contribution in [-0.4, -0.2) is 16.1 Å². The quantitative estimate of drug-likeness (QED) is 0.735. The second kappa shape index (κ2) is 4.31. The van der Waals surface area contributed by atoms with Crippen molar-refractivity contribution in [3.05, 3.63) is 52.8 Å². The second-order valence-corrected chi connectivity index (χ2v) is 3.95. The number of carbonyl (C=O) groups is 1. The fourth-order valence-corrected chi connectivity index (χ4v) is 1.72. The van der Waals surface area contributed by atoms with Gasteiger partial charge in [0.15, 0.2) is 6.29 Å². The molecule has 0 N–H and O–H groups in total. The number of hydrogen-bond acceptors (Lipinski definition) is 2. The Bertz CT molecular complexity index is 514. The SMILES string of the molecule is Cc1cccc(Cn2ncc(C=O)c2C)c1. The summed E-state index contributed by atoms with van der Waals surface area (Å²) >= 11 is 0. The molecule has 0 aliphatic rings. The Hall–Kier alpha value is -1.90. The lowest BCUT2D eigenvalue weighted by Crippen LogP contribution is -2.04. The summed E-state index contributed by atoms with van der Waals surface area (Å²) in [5, 5.41) is 4.20. The maximum atomic E-state index is 10.7. The summed E-state index contributed by atoms with van der Waals surface area (Å²) in [5.74, 6) is 0. The minimum Gasteiger partial charge on any atom is -0.298 e. The molecule has 0 fully saturated rings. The van der Waals surface area contributed by atoms with Crippen molar-refractivity contribution in [1.82, 2.24) is 9.78 Å². The molecule has 0 aliphatic carbocycles. The van der Waals surface area contributed by atoms with E-state index in [1.165, 1.54) is 11.1 Å². The van der Waals surface area contributed by atoms with Gasteiger partial charge in [0.25, 0.3) is 0 Å². The molecule has 0 atom stereocenters. The van der Waals surface area contributed by atoms with Crippen LogP contribution in [0.2, 0.25) is 0 Å². The molecule has 1 heterocycles. The first-order valence-corrected chi connectivity index (χ1v) is 5.24. The molecule has 0 bridgehead atoms. The molecule has 0 saturated heterocycles. The van der Waals surface area contributed by atoms with Gasteiger partial charge in [-0.3, -0.25) is 9.48 Å². The molecule has 0 spiro atoms. The minimum atomic E-state index is 0.660. The maximum absolute atomic E-state index is 10.7. The molecule has 1 aromatic heterocycles. The van der Waals surface area contributed by atoms with Gasteiger partial charge in [0, 0.05) is 5.69 Å². The van der Waals surface area contributed by atoms with Gasteiger partial charge < -0.3 is 0 Å². The van der Waals surface area contributed by atoms with Crippen LogP contribution in [0.3, 0.4) is 0 Å². The molecule has 2 rings (SSSR count). The Morgan fingerprint density at radius 1 is 1.38 bits per heavy atom. The number of aryl methyl sites for hydroxylation is 1. The van der Waals surface area contributed by atoms with Crippen molar-refractivity contribution in [3.63, 3.8) is 0 Å². The minimum absolute atomic E-state index is 0.660. The Kier molecular flexibility index (Phi) is 2.86. The highest BCUT2D eigenvalue weighted by Crippen LogP contribution is 2.09. The van der Waals surface area contributed by atoms with Crippen LogP contribution < -0.4 is 0 Å². The lowest BCUT2D eigenvalue weighted by atomic mass is 10.1. The summed E-state index contributed by atoms with van der Waals surface area (Å²) in [6.07, 6.45) is 2.45. The van der Waals surface area contributed by atoms with Crippen LogP contribution in [0, 0.1) is 13.8 Å². The molecule has 82 valence electrons. The number of hydrogen-bond donors (Lipinski definition) is 0. The fraction of sp³-hybridized carbons (Fsp3) is 0.231. The zero-order valence-electron chi connectivity index (χ0n) is 9.47. The molecular formula is C13H14N2O. The van der Waals surface area contributed by atoms with E-state index in [1.807, 2.05) is 17.7 Å². The highest BCUT2D eigenvalue weighted by Gasteiger charge is 2.05. The first-order valence-electron chi connectivity index (χ1n) is 5.24. The molecule has 0 amide bonds. The van der Waals surface area contributed by atoms with Crippen molar-refractivity contribution in [3.8, 4) is 0 Å². The molecule has 0 radical (unpaired) electrons. The van der Waals surface area contributed by atoms with Gasteiger partial charge in [0.1, 0.15) is 0 Å². The van der Waals surface area contributed by atoms with Crippen molar-refractivity contribution in [2.24, 2.45) is 0 Å². The highest BCUT2D eigenvalue weighted by atomic mass is 16.1. The molecular weight excluding hydrogens is 200 g/mol. The smallest absolute Gasteiger partial charge is 0.153 e. The zero-order valence-corrected chi connectivity index (χ0v) is 9.47. The predicted octanol–water partition coefficient (Wildman–Crippen LogP) is 2.36. The highest BCUT2D eigenvalue weighted by molar-refractivity contribution is 5.75. The third-order valence-electron chi connectivity index (χ3n) is 2.68. The van der Waals surface area contributed by atoms with Crippen molar-refractivity contribution >= 4 is 6.29 Å². The van der Waals surface area contributed by atoms with Crippen LogP contribution in [0.25, 0.3) is 0 Å². The first kappa shape index (κ1) is 10.6. The fourth-order valence-electron chi connectivity index (χ4n) is 1.72. The number of benzene rings is 1. The molecule has 3 heteroatoms. The third kappa shape index (κ3) is 2.03. The van der Waals surface area contributed by atoms with Crippen LogP contribution in [0.4, 0.5) is 0 Å². The van der Waals surface area contributed by atoms with Gasteiger partial charge in [-0.2, -0.15) is 5.10 Å². The number of aldehydes is 1. The molecule has 0 saturated carbocycles. The molecule has 2 aromatic rings. The Morgan fingerprint density at radius 2 is 2.19 bits per heavy atom. The number of carbonyl (C=O) groups excluding carboxylic acids is 1. The zero-order chi connectivity index (χ0) is 11.5. The predicted molar refractivity (Wildman–Crippen MR) is 62.6 cm³/mol. The van der Waals surface area contributed by atoms with Gasteiger partial charge in [-0.1, -0.05) is 29.8 Å². The van der Waals surface area contributed by atoms with E-state index >= 15 is 0 Å². The largest absolute Gasteiger partial charge is 0.298 e. The van der Waals surface area contributed by atoms with Crippen LogP contribution >= 0.6 is 0 Å². The maximum Gasteiger partial charge on any atom is 0.153 e. The van der Waals surface area contributed by atoms with Gasteiger partial charge in [-0.05, 0) is 19.4 Å².